The Morgan fingerprint density at radius 1 is 1.59 bits per heavy atom. The summed E-state index contributed by atoms with van der Waals surface area (Å²) in [5.74, 6) is -0.561. The molecule has 92 valence electrons. The number of nitrogens with zero attached hydrogens (tertiary/aromatic N) is 1. The molecule has 1 aromatic rings. The summed E-state index contributed by atoms with van der Waals surface area (Å²) >= 11 is 3.06. The highest BCUT2D eigenvalue weighted by atomic mass is 79.9. The lowest BCUT2D eigenvalue weighted by Gasteiger charge is -2.16. The molecule has 0 bridgehead atoms. The first-order valence-electron chi connectivity index (χ1n) is 5.39. The van der Waals surface area contributed by atoms with Crippen LogP contribution in [-0.4, -0.2) is 37.1 Å². The molecule has 0 saturated carbocycles. The van der Waals surface area contributed by atoms with Crippen molar-refractivity contribution in [3.05, 3.63) is 34.1 Å². The van der Waals surface area contributed by atoms with Gasteiger partial charge in [-0.2, -0.15) is 0 Å². The third-order valence-electron chi connectivity index (χ3n) is 2.93. The van der Waals surface area contributed by atoms with Crippen LogP contribution in [0.4, 0.5) is 4.39 Å². The lowest BCUT2D eigenvalue weighted by atomic mass is 10.2. The largest absolute Gasteiger partial charge is 0.380 e. The number of halogens is 2. The molecular formula is C12H13BrFNO2. The fourth-order valence-corrected chi connectivity index (χ4v) is 2.16. The highest BCUT2D eigenvalue weighted by Gasteiger charge is 2.26. The van der Waals surface area contributed by atoms with Crippen molar-refractivity contribution in [2.45, 2.75) is 12.5 Å². The smallest absolute Gasteiger partial charge is 0.254 e. The Bertz CT molecular complexity index is 439. The summed E-state index contributed by atoms with van der Waals surface area (Å²) in [6.07, 6.45) is 0.931. The van der Waals surface area contributed by atoms with Gasteiger partial charge in [0.1, 0.15) is 5.82 Å². The minimum absolute atomic E-state index is 0.0965. The van der Waals surface area contributed by atoms with Gasteiger partial charge in [-0.15, -0.1) is 0 Å². The quantitative estimate of drug-likeness (QED) is 0.840. The van der Waals surface area contributed by atoms with Crippen molar-refractivity contribution in [3.8, 4) is 0 Å². The van der Waals surface area contributed by atoms with Gasteiger partial charge >= 0.3 is 0 Å². The Hall–Kier alpha value is -0.940. The third kappa shape index (κ3) is 2.66. The normalized spacial score (nSPS) is 19.7. The van der Waals surface area contributed by atoms with E-state index in [4.69, 9.17) is 4.74 Å². The Balaban J connectivity index is 2.12. The van der Waals surface area contributed by atoms with Crippen molar-refractivity contribution in [2.24, 2.45) is 0 Å². The molecule has 0 N–H and O–H groups in total. The van der Waals surface area contributed by atoms with Crippen LogP contribution >= 0.6 is 15.9 Å². The fraction of sp³-hybridized carbons (Fsp3) is 0.417. The number of benzene rings is 1. The Kier molecular flexibility index (Phi) is 3.79. The van der Waals surface area contributed by atoms with Crippen molar-refractivity contribution < 1.29 is 13.9 Å². The van der Waals surface area contributed by atoms with E-state index in [2.05, 4.69) is 15.9 Å². The summed E-state index contributed by atoms with van der Waals surface area (Å²) in [7, 11) is 1.64. The molecule has 0 radical (unpaired) electrons. The molecule has 1 unspecified atom stereocenters. The van der Waals surface area contributed by atoms with E-state index in [0.717, 1.165) is 6.42 Å². The second-order valence-corrected chi connectivity index (χ2v) is 4.88. The molecule has 1 atom stereocenters. The molecule has 2 rings (SSSR count). The van der Waals surface area contributed by atoms with Crippen LogP contribution in [0.1, 0.15) is 16.8 Å². The van der Waals surface area contributed by atoms with E-state index in [9.17, 15) is 9.18 Å². The van der Waals surface area contributed by atoms with E-state index in [0.29, 0.717) is 23.1 Å². The number of ether oxygens (including phenoxy) is 1. The summed E-state index contributed by atoms with van der Waals surface area (Å²) in [4.78, 5) is 13.8. The van der Waals surface area contributed by atoms with Gasteiger partial charge in [0.05, 0.1) is 10.6 Å². The summed E-state index contributed by atoms with van der Waals surface area (Å²) in [5.41, 5.74) is 0.377. The topological polar surface area (TPSA) is 29.5 Å². The maximum absolute atomic E-state index is 13.3. The van der Waals surface area contributed by atoms with Crippen LogP contribution in [0.5, 0.6) is 0 Å². The third-order valence-corrected chi connectivity index (χ3v) is 3.58. The second kappa shape index (κ2) is 5.14. The van der Waals surface area contributed by atoms with E-state index < -0.39 is 5.82 Å². The van der Waals surface area contributed by atoms with Crippen LogP contribution in [0.25, 0.3) is 0 Å². The van der Waals surface area contributed by atoms with Gasteiger partial charge in [-0.1, -0.05) is 0 Å². The van der Waals surface area contributed by atoms with Gasteiger partial charge in [-0.25, -0.2) is 4.39 Å². The molecule has 1 saturated heterocycles. The van der Waals surface area contributed by atoms with Gasteiger partial charge < -0.3 is 9.64 Å². The number of carbonyl (C=O) groups excluding carboxylic acids is 1. The van der Waals surface area contributed by atoms with Crippen molar-refractivity contribution in [3.63, 3.8) is 0 Å². The number of hydrogen-bond acceptors (Lipinski definition) is 2. The number of likely N-dealkylation sites (tertiary alicyclic amines) is 1. The first-order chi connectivity index (χ1) is 8.11. The van der Waals surface area contributed by atoms with Crippen LogP contribution < -0.4 is 0 Å². The minimum Gasteiger partial charge on any atom is -0.380 e. The van der Waals surface area contributed by atoms with Crippen LogP contribution in [0.3, 0.4) is 0 Å². The molecule has 0 spiro atoms. The van der Waals surface area contributed by atoms with Gasteiger partial charge in [0, 0.05) is 25.8 Å². The Morgan fingerprint density at radius 2 is 2.35 bits per heavy atom. The molecule has 1 aliphatic heterocycles. The molecule has 3 nitrogen and oxygen atoms in total. The van der Waals surface area contributed by atoms with Crippen molar-refractivity contribution in [1.29, 1.82) is 0 Å². The van der Waals surface area contributed by atoms with Crippen molar-refractivity contribution in [1.82, 2.24) is 4.90 Å². The Labute approximate surface area is 108 Å². The van der Waals surface area contributed by atoms with E-state index in [1.807, 2.05) is 0 Å². The molecule has 1 aromatic carbocycles. The molecule has 1 aliphatic rings. The van der Waals surface area contributed by atoms with E-state index in [1.54, 1.807) is 24.1 Å². The van der Waals surface area contributed by atoms with E-state index in [1.165, 1.54) is 6.07 Å². The Morgan fingerprint density at radius 3 is 2.94 bits per heavy atom. The van der Waals surface area contributed by atoms with Gasteiger partial charge in [0.25, 0.3) is 5.91 Å². The highest BCUT2D eigenvalue weighted by molar-refractivity contribution is 9.10. The number of rotatable bonds is 2. The molecule has 1 fully saturated rings. The second-order valence-electron chi connectivity index (χ2n) is 4.03. The number of amides is 1. The lowest BCUT2D eigenvalue weighted by Crippen LogP contribution is -2.30. The van der Waals surface area contributed by atoms with E-state index >= 15 is 0 Å². The first-order valence-corrected chi connectivity index (χ1v) is 6.18. The summed E-state index contributed by atoms with van der Waals surface area (Å²) in [6.45, 7) is 1.24. The average molecular weight is 302 g/mol. The fourth-order valence-electron chi connectivity index (χ4n) is 1.92. The summed E-state index contributed by atoms with van der Waals surface area (Å²) < 4.78 is 18.9. The summed E-state index contributed by atoms with van der Waals surface area (Å²) in [6, 6.07) is 4.43. The standard InChI is InChI=1S/C12H13BrFNO2/c1-17-9-4-5-15(7-9)12(16)8-2-3-10(13)11(14)6-8/h2-3,6,9H,4-5,7H2,1H3. The molecule has 0 aromatic heterocycles. The summed E-state index contributed by atoms with van der Waals surface area (Å²) in [5, 5.41) is 0. The average Bonchev–Trinajstić information content (AvgIpc) is 2.80. The molecule has 1 heterocycles. The molecule has 5 heteroatoms. The zero-order valence-electron chi connectivity index (χ0n) is 9.45. The number of carbonyl (C=O) groups is 1. The predicted octanol–water partition coefficient (Wildman–Crippen LogP) is 2.45. The number of methoxy groups -OCH3 is 1. The molecule has 1 amide bonds. The van der Waals surface area contributed by atoms with Crippen LogP contribution in [0.15, 0.2) is 22.7 Å². The predicted molar refractivity (Wildman–Crippen MR) is 65.4 cm³/mol. The molecular weight excluding hydrogens is 289 g/mol. The van der Waals surface area contributed by atoms with Crippen molar-refractivity contribution in [2.75, 3.05) is 20.2 Å². The lowest BCUT2D eigenvalue weighted by molar-refractivity contribution is 0.0723. The SMILES string of the molecule is COC1CCN(C(=O)c2ccc(Br)c(F)c2)C1. The van der Waals surface area contributed by atoms with Gasteiger partial charge in [-0.3, -0.25) is 4.79 Å². The minimum atomic E-state index is -0.418. The van der Waals surface area contributed by atoms with Gasteiger partial charge in [-0.05, 0) is 40.5 Å². The van der Waals surface area contributed by atoms with E-state index in [-0.39, 0.29) is 12.0 Å². The van der Waals surface area contributed by atoms with Crippen LogP contribution in [0.2, 0.25) is 0 Å². The van der Waals surface area contributed by atoms with Gasteiger partial charge in [0.15, 0.2) is 0 Å². The van der Waals surface area contributed by atoms with Crippen LogP contribution in [-0.2, 0) is 4.74 Å². The maximum Gasteiger partial charge on any atom is 0.254 e. The zero-order valence-corrected chi connectivity index (χ0v) is 11.0. The maximum atomic E-state index is 13.3. The molecule has 0 aliphatic carbocycles. The molecule has 17 heavy (non-hydrogen) atoms. The van der Waals surface area contributed by atoms with Crippen molar-refractivity contribution >= 4 is 21.8 Å². The monoisotopic (exact) mass is 301 g/mol. The highest BCUT2D eigenvalue weighted by Crippen LogP contribution is 2.20. The zero-order chi connectivity index (χ0) is 12.4. The van der Waals surface area contributed by atoms with Gasteiger partial charge in [0.2, 0.25) is 0 Å². The first kappa shape index (κ1) is 12.5. The van der Waals surface area contributed by atoms with Crippen LogP contribution in [0, 0.1) is 5.82 Å². The number of hydrogen-bond donors (Lipinski definition) is 0.